The quantitative estimate of drug-likeness (QED) is 0.438. The van der Waals surface area contributed by atoms with Gasteiger partial charge in [0.05, 0.1) is 0 Å². The van der Waals surface area contributed by atoms with Gasteiger partial charge in [0.2, 0.25) is 11.7 Å². The largest absolute Gasteiger partial charge is 0.333 e. The van der Waals surface area contributed by atoms with E-state index in [0.717, 1.165) is 0 Å². The van der Waals surface area contributed by atoms with Crippen LogP contribution >= 0.6 is 23.2 Å². The van der Waals surface area contributed by atoms with Gasteiger partial charge in [0.1, 0.15) is 12.1 Å². The van der Waals surface area contributed by atoms with Crippen LogP contribution in [0.3, 0.4) is 0 Å². The Bertz CT molecular complexity index is 1340. The van der Waals surface area contributed by atoms with E-state index in [2.05, 4.69) is 15.5 Å². The maximum absolute atomic E-state index is 13.3. The molecule has 0 aliphatic carbocycles. The number of hydrogen-bond donors (Lipinski definition) is 1. The zero-order valence-corrected chi connectivity index (χ0v) is 18.7. The zero-order chi connectivity index (χ0) is 22.8. The van der Waals surface area contributed by atoms with Crippen LogP contribution in [0.15, 0.2) is 63.9 Å². The Hall–Kier alpha value is -3.42. The molecule has 0 radical (unpaired) electrons. The van der Waals surface area contributed by atoms with E-state index in [1.165, 1.54) is 4.57 Å². The maximum atomic E-state index is 13.3. The highest BCUT2D eigenvalue weighted by Crippen LogP contribution is 2.24. The molecule has 162 valence electrons. The van der Waals surface area contributed by atoms with Gasteiger partial charge in [-0.25, -0.2) is 0 Å². The Morgan fingerprint density at radius 3 is 2.31 bits per heavy atom. The second-order valence-corrected chi connectivity index (χ2v) is 8.09. The number of pyridine rings is 1. The van der Waals surface area contributed by atoms with Crippen molar-refractivity contribution in [2.24, 2.45) is 0 Å². The monoisotopic (exact) mass is 468 g/mol. The summed E-state index contributed by atoms with van der Waals surface area (Å²) < 4.78 is 6.76. The van der Waals surface area contributed by atoms with Crippen molar-refractivity contribution in [3.8, 4) is 22.8 Å². The molecule has 1 amide bonds. The van der Waals surface area contributed by atoms with E-state index in [4.69, 9.17) is 27.7 Å². The van der Waals surface area contributed by atoms with Crippen LogP contribution in [0.2, 0.25) is 10.0 Å². The van der Waals surface area contributed by atoms with Crippen molar-refractivity contribution < 1.29 is 9.32 Å². The first kappa shape index (κ1) is 21.8. The van der Waals surface area contributed by atoms with Crippen LogP contribution in [0, 0.1) is 13.8 Å². The summed E-state index contributed by atoms with van der Waals surface area (Å²) in [7, 11) is 0. The number of carbonyl (C=O) groups is 1. The summed E-state index contributed by atoms with van der Waals surface area (Å²) in [5.41, 5.74) is 2.47. The minimum absolute atomic E-state index is 0.0873. The molecule has 0 unspecified atom stereocenters. The molecule has 1 N–H and O–H groups in total. The van der Waals surface area contributed by atoms with E-state index < -0.39 is 0 Å². The number of nitrogens with zero attached hydrogens (tertiary/aromatic N) is 3. The number of aryl methyl sites for hydroxylation is 2. The number of nitrogens with one attached hydrogen (secondary N) is 1. The number of hydrogen-bond acceptors (Lipinski definition) is 5. The molecular weight excluding hydrogens is 451 g/mol. The lowest BCUT2D eigenvalue weighted by Gasteiger charge is -2.13. The van der Waals surface area contributed by atoms with E-state index >= 15 is 0 Å². The number of carbonyl (C=O) groups excluding carboxylic acids is 1. The molecule has 7 nitrogen and oxygen atoms in total. The van der Waals surface area contributed by atoms with Crippen molar-refractivity contribution in [1.29, 1.82) is 0 Å². The van der Waals surface area contributed by atoms with Gasteiger partial charge in [-0.2, -0.15) is 4.98 Å². The van der Waals surface area contributed by atoms with E-state index in [0.29, 0.717) is 38.4 Å². The SMILES string of the molecule is Cc1cc(C)n(CC(=O)Nc2ccc(Cl)cc2)c(=O)c1-c1nc(-c2ccc(Cl)cc2)no1. The highest BCUT2D eigenvalue weighted by atomic mass is 35.5. The summed E-state index contributed by atoms with van der Waals surface area (Å²) in [4.78, 5) is 30.2. The first-order valence-electron chi connectivity index (χ1n) is 9.68. The van der Waals surface area contributed by atoms with Crippen LogP contribution < -0.4 is 10.9 Å². The summed E-state index contributed by atoms with van der Waals surface area (Å²) in [5, 5.41) is 7.89. The summed E-state index contributed by atoms with van der Waals surface area (Å²) in [6.07, 6.45) is 0. The molecule has 2 aromatic carbocycles. The van der Waals surface area contributed by atoms with Crippen LogP contribution in [-0.2, 0) is 11.3 Å². The van der Waals surface area contributed by atoms with Gasteiger partial charge in [-0.3, -0.25) is 9.59 Å². The molecule has 0 atom stereocenters. The van der Waals surface area contributed by atoms with Gasteiger partial charge in [0.25, 0.3) is 11.4 Å². The normalized spacial score (nSPS) is 10.9. The molecule has 4 rings (SSSR count). The topological polar surface area (TPSA) is 90.0 Å². The minimum atomic E-state index is -0.389. The fourth-order valence-corrected chi connectivity index (χ4v) is 3.55. The molecule has 2 aromatic heterocycles. The Labute approximate surface area is 193 Å². The van der Waals surface area contributed by atoms with E-state index in [1.54, 1.807) is 68.4 Å². The fourth-order valence-electron chi connectivity index (χ4n) is 3.30. The molecule has 9 heteroatoms. The van der Waals surface area contributed by atoms with Crippen LogP contribution in [0.5, 0.6) is 0 Å². The molecule has 32 heavy (non-hydrogen) atoms. The summed E-state index contributed by atoms with van der Waals surface area (Å²) in [6, 6.07) is 15.5. The molecule has 0 aliphatic heterocycles. The van der Waals surface area contributed by atoms with Crippen LogP contribution in [0.4, 0.5) is 5.69 Å². The van der Waals surface area contributed by atoms with Crippen LogP contribution in [-0.4, -0.2) is 20.6 Å². The molecule has 0 saturated heterocycles. The van der Waals surface area contributed by atoms with Gasteiger partial charge in [-0.1, -0.05) is 28.4 Å². The first-order chi connectivity index (χ1) is 15.3. The number of benzene rings is 2. The predicted molar refractivity (Wildman–Crippen MR) is 124 cm³/mol. The lowest BCUT2D eigenvalue weighted by atomic mass is 10.1. The van der Waals surface area contributed by atoms with Gasteiger partial charge in [-0.05, 0) is 74.0 Å². The predicted octanol–water partition coefficient (Wildman–Crippen LogP) is 5.13. The van der Waals surface area contributed by atoms with Crippen molar-refractivity contribution >= 4 is 34.8 Å². The standard InChI is InChI=1S/C23H18Cl2N4O3/c1-13-11-14(2)29(12-19(30)26-18-9-7-17(25)8-10-18)23(31)20(13)22-27-21(28-32-22)15-3-5-16(24)6-4-15/h3-11H,12H2,1-2H3,(H,26,30). The molecule has 0 aliphatic rings. The number of aromatic nitrogens is 3. The second kappa shape index (κ2) is 8.98. The van der Waals surface area contributed by atoms with E-state index in [9.17, 15) is 9.59 Å². The summed E-state index contributed by atoms with van der Waals surface area (Å²) in [6.45, 7) is 3.38. The molecule has 0 bridgehead atoms. The minimum Gasteiger partial charge on any atom is -0.333 e. The highest BCUT2D eigenvalue weighted by Gasteiger charge is 2.20. The third-order valence-electron chi connectivity index (χ3n) is 4.88. The molecule has 0 saturated carbocycles. The highest BCUT2D eigenvalue weighted by molar-refractivity contribution is 6.30. The number of amides is 1. The van der Waals surface area contributed by atoms with Crippen LogP contribution in [0.25, 0.3) is 22.8 Å². The molecule has 2 heterocycles. The van der Waals surface area contributed by atoms with Crippen molar-refractivity contribution in [2.75, 3.05) is 5.32 Å². The van der Waals surface area contributed by atoms with Crippen molar-refractivity contribution in [1.82, 2.24) is 14.7 Å². The Balaban J connectivity index is 1.64. The van der Waals surface area contributed by atoms with Gasteiger partial charge >= 0.3 is 0 Å². The number of halogens is 2. The molecule has 0 spiro atoms. The third kappa shape index (κ3) is 4.59. The lowest BCUT2D eigenvalue weighted by Crippen LogP contribution is -2.30. The summed E-state index contributed by atoms with van der Waals surface area (Å²) >= 11 is 11.8. The van der Waals surface area contributed by atoms with E-state index in [1.807, 2.05) is 0 Å². The van der Waals surface area contributed by atoms with Gasteiger partial charge in [0, 0.05) is 27.0 Å². The van der Waals surface area contributed by atoms with Crippen molar-refractivity contribution in [3.63, 3.8) is 0 Å². The molecule has 4 aromatic rings. The van der Waals surface area contributed by atoms with E-state index in [-0.39, 0.29) is 29.5 Å². The average Bonchev–Trinajstić information content (AvgIpc) is 3.23. The average molecular weight is 469 g/mol. The van der Waals surface area contributed by atoms with Gasteiger partial charge in [0.15, 0.2) is 0 Å². The van der Waals surface area contributed by atoms with Crippen LogP contribution in [0.1, 0.15) is 11.3 Å². The fraction of sp³-hybridized carbons (Fsp3) is 0.130. The molecular formula is C23H18Cl2N4O3. The van der Waals surface area contributed by atoms with Crippen molar-refractivity contribution in [2.45, 2.75) is 20.4 Å². The maximum Gasteiger partial charge on any atom is 0.264 e. The Morgan fingerprint density at radius 2 is 1.66 bits per heavy atom. The Kier molecular flexibility index (Phi) is 6.12. The summed E-state index contributed by atoms with van der Waals surface area (Å²) in [5.74, 6) is 0.0760. The smallest absolute Gasteiger partial charge is 0.264 e. The third-order valence-corrected chi connectivity index (χ3v) is 5.38. The number of anilines is 1. The molecule has 0 fully saturated rings. The van der Waals surface area contributed by atoms with Gasteiger partial charge in [-0.15, -0.1) is 0 Å². The Morgan fingerprint density at radius 1 is 1.03 bits per heavy atom. The second-order valence-electron chi connectivity index (χ2n) is 7.22. The van der Waals surface area contributed by atoms with Crippen molar-refractivity contribution in [3.05, 3.63) is 86.3 Å². The number of rotatable bonds is 5. The lowest BCUT2D eigenvalue weighted by molar-refractivity contribution is -0.116. The zero-order valence-electron chi connectivity index (χ0n) is 17.2. The van der Waals surface area contributed by atoms with Gasteiger partial charge < -0.3 is 14.4 Å². The first-order valence-corrected chi connectivity index (χ1v) is 10.4.